The summed E-state index contributed by atoms with van der Waals surface area (Å²) in [4.78, 5) is 11.4. The molecule has 0 amide bonds. The minimum absolute atomic E-state index is 0.0557. The lowest BCUT2D eigenvalue weighted by molar-refractivity contribution is -0.143. The van der Waals surface area contributed by atoms with Crippen LogP contribution in [0.3, 0.4) is 0 Å². The molecule has 1 aromatic heterocycles. The van der Waals surface area contributed by atoms with Gasteiger partial charge in [0.1, 0.15) is 5.69 Å². The van der Waals surface area contributed by atoms with Crippen molar-refractivity contribution in [3.8, 4) is 22.5 Å². The zero-order valence-corrected chi connectivity index (χ0v) is 14.7. The topological polar surface area (TPSA) is 42.5 Å². The third-order valence-corrected chi connectivity index (χ3v) is 4.47. The third-order valence-electron chi connectivity index (χ3n) is 4.47. The summed E-state index contributed by atoms with van der Waals surface area (Å²) >= 11 is 0. The number of nitrogens with zero attached hydrogens (tertiary/aromatic N) is 4. The van der Waals surface area contributed by atoms with Crippen molar-refractivity contribution in [2.24, 2.45) is 5.10 Å². The smallest absolute Gasteiger partial charge is 0.250 e. The van der Waals surface area contributed by atoms with Gasteiger partial charge < -0.3 is 0 Å². The molecule has 4 rings (SSSR count). The van der Waals surface area contributed by atoms with E-state index in [1.807, 2.05) is 0 Å². The van der Waals surface area contributed by atoms with Crippen molar-refractivity contribution in [3.05, 3.63) is 82.6 Å². The maximum absolute atomic E-state index is 13.2. The van der Waals surface area contributed by atoms with E-state index in [1.54, 1.807) is 24.3 Å². The highest BCUT2D eigenvalue weighted by atomic mass is 19.4. The molecule has 3 aromatic rings. The van der Waals surface area contributed by atoms with Crippen LogP contribution >= 0.6 is 0 Å². The second-order valence-corrected chi connectivity index (χ2v) is 6.34. The van der Waals surface area contributed by atoms with E-state index in [1.165, 1.54) is 0 Å². The maximum Gasteiger partial charge on any atom is 0.416 e. The van der Waals surface area contributed by atoms with Crippen molar-refractivity contribution in [3.63, 3.8) is 0 Å². The number of rotatable bonds is 1. The highest BCUT2D eigenvalue weighted by Crippen LogP contribution is 2.40. The molecule has 0 radical (unpaired) electrons. The summed E-state index contributed by atoms with van der Waals surface area (Å²) in [6.07, 6.45) is -8.87. The summed E-state index contributed by atoms with van der Waals surface area (Å²) in [5.74, 6) is 0. The molecule has 0 bridgehead atoms. The molecule has 30 heavy (non-hydrogen) atoms. The molecule has 10 heteroatoms. The van der Waals surface area contributed by atoms with Crippen molar-refractivity contribution < 1.29 is 26.3 Å². The van der Waals surface area contributed by atoms with Crippen molar-refractivity contribution in [1.29, 1.82) is 0 Å². The number of fused-ring (bicyclic) bond motifs is 3. The fraction of sp³-hybridized carbons (Fsp3) is 0.100. The minimum atomic E-state index is -4.97. The van der Waals surface area contributed by atoms with E-state index in [9.17, 15) is 26.3 Å². The van der Waals surface area contributed by atoms with Crippen LogP contribution in [0, 0.1) is 6.57 Å². The summed E-state index contributed by atoms with van der Waals surface area (Å²) in [6, 6.07) is 7.97. The molecule has 2 aromatic carbocycles. The van der Waals surface area contributed by atoms with Gasteiger partial charge in [0, 0.05) is 16.7 Å². The molecule has 0 spiro atoms. The van der Waals surface area contributed by atoms with E-state index >= 15 is 0 Å². The van der Waals surface area contributed by atoms with Gasteiger partial charge in [-0.3, -0.25) is 0 Å². The minimum Gasteiger partial charge on any atom is -0.250 e. The number of aromatic nitrogens is 2. The summed E-state index contributed by atoms with van der Waals surface area (Å²) in [7, 11) is 0. The van der Waals surface area contributed by atoms with Crippen LogP contribution in [0.15, 0.2) is 53.8 Å². The number of hydrogen-bond acceptors (Lipinski definition) is 3. The summed E-state index contributed by atoms with van der Waals surface area (Å²) in [6.45, 7) is 6.97. The van der Waals surface area contributed by atoms with Crippen LogP contribution < -0.4 is 0 Å². The molecule has 0 fully saturated rings. The Morgan fingerprint density at radius 3 is 2.00 bits per heavy atom. The molecule has 1 aliphatic carbocycles. The Kier molecular flexibility index (Phi) is 4.34. The summed E-state index contributed by atoms with van der Waals surface area (Å²) in [5, 5.41) is 3.71. The van der Waals surface area contributed by atoms with Crippen LogP contribution in [0.25, 0.3) is 27.5 Å². The predicted molar refractivity (Wildman–Crippen MR) is 95.1 cm³/mol. The quantitative estimate of drug-likeness (QED) is 0.222. The van der Waals surface area contributed by atoms with Gasteiger partial charge in [-0.15, -0.1) is 4.95 Å². The Balaban J connectivity index is 1.93. The first kappa shape index (κ1) is 19.6. The van der Waals surface area contributed by atoms with E-state index in [0.717, 1.165) is 6.20 Å². The molecule has 0 unspecified atom stereocenters. The van der Waals surface area contributed by atoms with E-state index in [-0.39, 0.29) is 34.4 Å². The molecule has 0 saturated heterocycles. The van der Waals surface area contributed by atoms with Gasteiger partial charge in [0.05, 0.1) is 33.8 Å². The van der Waals surface area contributed by atoms with Gasteiger partial charge in [-0.1, -0.05) is 24.3 Å². The van der Waals surface area contributed by atoms with Crippen LogP contribution in [0.1, 0.15) is 22.4 Å². The van der Waals surface area contributed by atoms with Crippen LogP contribution in [-0.2, 0) is 12.4 Å². The highest BCUT2D eigenvalue weighted by Gasteiger charge is 2.37. The molecule has 0 N–H and O–H groups in total. The first-order valence-electron chi connectivity index (χ1n) is 8.31. The first-order valence-corrected chi connectivity index (χ1v) is 8.31. The largest absolute Gasteiger partial charge is 0.416 e. The van der Waals surface area contributed by atoms with E-state index < -0.39 is 23.5 Å². The average Bonchev–Trinajstić information content (AvgIpc) is 3.00. The zero-order chi connectivity index (χ0) is 21.7. The predicted octanol–water partition coefficient (Wildman–Crippen LogP) is 5.83. The summed E-state index contributed by atoms with van der Waals surface area (Å²) in [5.41, 5.74) is -1.61. The zero-order valence-electron chi connectivity index (χ0n) is 14.7. The lowest BCUT2D eigenvalue weighted by Crippen LogP contribution is -2.11. The number of hydrogen-bond donors (Lipinski definition) is 0. The third kappa shape index (κ3) is 3.28. The maximum atomic E-state index is 13.2. The molecule has 1 heterocycles. The number of alkyl halides is 6. The Morgan fingerprint density at radius 1 is 0.833 bits per heavy atom. The van der Waals surface area contributed by atoms with Crippen LogP contribution in [0.2, 0.25) is 0 Å². The molecule has 4 nitrogen and oxygen atoms in total. The van der Waals surface area contributed by atoms with Gasteiger partial charge in [-0.2, -0.15) is 32.9 Å². The Bertz CT molecular complexity index is 1200. The molecule has 0 saturated carbocycles. The van der Waals surface area contributed by atoms with Crippen LogP contribution in [-0.4, -0.2) is 15.7 Å². The number of halogens is 6. The molecular formula is C20H8F6N4. The summed E-state index contributed by atoms with van der Waals surface area (Å²) < 4.78 is 78.9. The van der Waals surface area contributed by atoms with Gasteiger partial charge >= 0.3 is 12.4 Å². The van der Waals surface area contributed by atoms with Gasteiger partial charge in [0.15, 0.2) is 5.71 Å². The van der Waals surface area contributed by atoms with Crippen molar-refractivity contribution in [1.82, 2.24) is 9.97 Å². The fourth-order valence-electron chi connectivity index (χ4n) is 3.17. The Morgan fingerprint density at radius 2 is 1.43 bits per heavy atom. The normalized spacial score (nSPS) is 14.4. The van der Waals surface area contributed by atoms with E-state index in [0.29, 0.717) is 23.3 Å². The van der Waals surface area contributed by atoms with Gasteiger partial charge in [-0.25, -0.2) is 9.97 Å². The van der Waals surface area contributed by atoms with Crippen molar-refractivity contribution in [2.75, 3.05) is 0 Å². The van der Waals surface area contributed by atoms with Crippen LogP contribution in [0.5, 0.6) is 0 Å². The monoisotopic (exact) mass is 418 g/mol. The molecule has 0 atom stereocenters. The lowest BCUT2D eigenvalue weighted by atomic mass is 10.0. The lowest BCUT2D eigenvalue weighted by Gasteiger charge is -2.14. The molecule has 150 valence electrons. The van der Waals surface area contributed by atoms with Crippen molar-refractivity contribution >= 4 is 5.71 Å². The first-order chi connectivity index (χ1) is 14.1. The highest BCUT2D eigenvalue weighted by molar-refractivity contribution is 6.22. The standard InChI is InChI=1S/C20H8F6N4/c1-27-30-17-14-5-3-2-4-13(14)16-18(17)28-9-15(29-16)10-6-11(19(21,22)23)8-12(7-10)20(24,25)26/h2-9H. The Hall–Kier alpha value is -3.74. The Labute approximate surface area is 165 Å². The van der Waals surface area contributed by atoms with Crippen molar-refractivity contribution in [2.45, 2.75) is 12.4 Å². The second-order valence-electron chi connectivity index (χ2n) is 6.34. The van der Waals surface area contributed by atoms with Gasteiger partial charge in [0.2, 0.25) is 0 Å². The van der Waals surface area contributed by atoms with Gasteiger partial charge in [-0.05, 0) is 18.2 Å². The van der Waals surface area contributed by atoms with E-state index in [4.69, 9.17) is 6.57 Å². The molecular weight excluding hydrogens is 410 g/mol. The SMILES string of the molecule is [C-]#[N+]N=C1c2ccccc2-c2nc(-c3cc(C(F)(F)F)cc(C(F)(F)F)c3)cnc21. The molecule has 1 aliphatic rings. The second kappa shape index (κ2) is 6.66. The van der Waals surface area contributed by atoms with E-state index in [2.05, 4.69) is 20.0 Å². The number of benzene rings is 2. The fourth-order valence-corrected chi connectivity index (χ4v) is 3.17. The molecule has 0 aliphatic heterocycles. The average molecular weight is 418 g/mol. The van der Waals surface area contributed by atoms with Gasteiger partial charge in [0.25, 0.3) is 0 Å². The van der Waals surface area contributed by atoms with Crippen LogP contribution in [0.4, 0.5) is 26.3 Å².